The van der Waals surface area contributed by atoms with Gasteiger partial charge in [-0.1, -0.05) is 12.1 Å². The third kappa shape index (κ3) is 2.69. The van der Waals surface area contributed by atoms with Crippen LogP contribution < -0.4 is 5.32 Å². The first-order valence-electron chi connectivity index (χ1n) is 5.11. The lowest BCUT2D eigenvalue weighted by Gasteiger charge is -2.12. The molecule has 0 bridgehead atoms. The molecule has 17 heavy (non-hydrogen) atoms. The van der Waals surface area contributed by atoms with Crippen molar-refractivity contribution in [2.24, 2.45) is 0 Å². The molecule has 1 heterocycles. The summed E-state index contributed by atoms with van der Waals surface area (Å²) in [7, 11) is 0. The Kier molecular flexibility index (Phi) is 3.18. The first-order chi connectivity index (χ1) is 8.16. The number of carbonyl (C=O) groups excluding carboxylic acids is 1. The van der Waals surface area contributed by atoms with Crippen LogP contribution in [0.25, 0.3) is 0 Å². The molecular formula is C12H11FN2O2. The Morgan fingerprint density at radius 3 is 2.71 bits per heavy atom. The lowest BCUT2D eigenvalue weighted by molar-refractivity contribution is 0.0912. The van der Waals surface area contributed by atoms with Crippen LogP contribution in [0.5, 0.6) is 0 Å². The first kappa shape index (κ1) is 11.3. The summed E-state index contributed by atoms with van der Waals surface area (Å²) < 4.78 is 17.6. The van der Waals surface area contributed by atoms with E-state index in [0.29, 0.717) is 0 Å². The maximum atomic E-state index is 12.7. The maximum Gasteiger partial charge on any atom is 0.289 e. The van der Waals surface area contributed by atoms with Gasteiger partial charge in [0.1, 0.15) is 5.82 Å². The molecule has 0 aliphatic carbocycles. The van der Waals surface area contributed by atoms with Gasteiger partial charge in [0.2, 0.25) is 5.76 Å². The van der Waals surface area contributed by atoms with E-state index in [1.807, 2.05) is 6.92 Å². The van der Waals surface area contributed by atoms with Crippen LogP contribution in [0.3, 0.4) is 0 Å². The van der Waals surface area contributed by atoms with Gasteiger partial charge in [-0.3, -0.25) is 4.79 Å². The molecule has 1 aromatic carbocycles. The van der Waals surface area contributed by atoms with E-state index >= 15 is 0 Å². The molecule has 1 N–H and O–H groups in total. The summed E-state index contributed by atoms with van der Waals surface area (Å²) in [5.74, 6) is -0.499. The van der Waals surface area contributed by atoms with Crippen molar-refractivity contribution >= 4 is 5.91 Å². The van der Waals surface area contributed by atoms with Crippen LogP contribution in [0, 0.1) is 5.82 Å². The Bertz CT molecular complexity index is 494. The molecule has 0 spiro atoms. The largest absolute Gasteiger partial charge is 0.438 e. The SMILES string of the molecule is C[C@@H](NC(=O)c1cnco1)c1ccc(F)cc1. The highest BCUT2D eigenvalue weighted by Crippen LogP contribution is 2.13. The van der Waals surface area contributed by atoms with Crippen LogP contribution in [0.4, 0.5) is 4.39 Å². The van der Waals surface area contributed by atoms with Crippen LogP contribution in [0.1, 0.15) is 29.1 Å². The van der Waals surface area contributed by atoms with Crippen LogP contribution in [0.15, 0.2) is 41.3 Å². The Morgan fingerprint density at radius 2 is 2.12 bits per heavy atom. The minimum Gasteiger partial charge on any atom is -0.438 e. The minimum atomic E-state index is -0.348. The van der Waals surface area contributed by atoms with Gasteiger partial charge in [-0.15, -0.1) is 0 Å². The highest BCUT2D eigenvalue weighted by atomic mass is 19.1. The lowest BCUT2D eigenvalue weighted by Crippen LogP contribution is -2.26. The van der Waals surface area contributed by atoms with Gasteiger partial charge in [-0.05, 0) is 24.6 Å². The van der Waals surface area contributed by atoms with Gasteiger partial charge in [-0.2, -0.15) is 0 Å². The second-order valence-electron chi connectivity index (χ2n) is 3.61. The molecule has 4 nitrogen and oxygen atoms in total. The summed E-state index contributed by atoms with van der Waals surface area (Å²) in [6, 6.07) is 5.73. The van der Waals surface area contributed by atoms with E-state index in [1.165, 1.54) is 24.7 Å². The van der Waals surface area contributed by atoms with Gasteiger partial charge < -0.3 is 9.73 Å². The number of rotatable bonds is 3. The number of oxazole rings is 1. The fourth-order valence-electron chi connectivity index (χ4n) is 1.43. The number of hydrogen-bond acceptors (Lipinski definition) is 3. The van der Waals surface area contributed by atoms with Crippen molar-refractivity contribution in [1.82, 2.24) is 10.3 Å². The molecule has 2 aromatic rings. The van der Waals surface area contributed by atoms with E-state index in [1.54, 1.807) is 12.1 Å². The van der Waals surface area contributed by atoms with Gasteiger partial charge in [0.15, 0.2) is 6.39 Å². The van der Waals surface area contributed by atoms with Gasteiger partial charge in [0, 0.05) is 0 Å². The molecular weight excluding hydrogens is 223 g/mol. The van der Waals surface area contributed by atoms with Crippen molar-refractivity contribution in [1.29, 1.82) is 0 Å². The number of nitrogens with one attached hydrogen (secondary N) is 1. The predicted octanol–water partition coefficient (Wildman–Crippen LogP) is 2.30. The maximum absolute atomic E-state index is 12.7. The third-order valence-corrected chi connectivity index (χ3v) is 2.37. The summed E-state index contributed by atoms with van der Waals surface area (Å²) in [5.41, 5.74) is 0.819. The quantitative estimate of drug-likeness (QED) is 0.886. The summed E-state index contributed by atoms with van der Waals surface area (Å²) in [5, 5.41) is 2.72. The van der Waals surface area contributed by atoms with Crippen molar-refractivity contribution in [3.63, 3.8) is 0 Å². The molecule has 88 valence electrons. The highest BCUT2D eigenvalue weighted by Gasteiger charge is 2.13. The Hall–Kier alpha value is -2.17. The number of carbonyl (C=O) groups is 1. The molecule has 0 aliphatic rings. The number of aromatic nitrogens is 1. The molecule has 0 fully saturated rings. The Labute approximate surface area is 97.5 Å². The zero-order chi connectivity index (χ0) is 12.3. The van der Waals surface area contributed by atoms with Crippen molar-refractivity contribution in [3.05, 3.63) is 54.0 Å². The van der Waals surface area contributed by atoms with Crippen LogP contribution in [0.2, 0.25) is 0 Å². The number of nitrogens with zero attached hydrogens (tertiary/aromatic N) is 1. The molecule has 0 unspecified atom stereocenters. The van der Waals surface area contributed by atoms with Crippen molar-refractivity contribution < 1.29 is 13.6 Å². The van der Waals surface area contributed by atoms with Crippen molar-refractivity contribution in [2.45, 2.75) is 13.0 Å². The predicted molar refractivity (Wildman–Crippen MR) is 58.8 cm³/mol. The van der Waals surface area contributed by atoms with Gasteiger partial charge in [0.05, 0.1) is 12.2 Å². The molecule has 1 atom stereocenters. The molecule has 2 rings (SSSR count). The lowest BCUT2D eigenvalue weighted by atomic mass is 10.1. The average Bonchev–Trinajstić information content (AvgIpc) is 2.83. The molecule has 0 aliphatic heterocycles. The Balaban J connectivity index is 2.04. The van der Waals surface area contributed by atoms with E-state index < -0.39 is 0 Å². The Morgan fingerprint density at radius 1 is 1.41 bits per heavy atom. The number of halogens is 1. The van der Waals surface area contributed by atoms with E-state index in [2.05, 4.69) is 10.3 Å². The summed E-state index contributed by atoms with van der Waals surface area (Å²) in [6.07, 6.45) is 2.53. The van der Waals surface area contributed by atoms with Crippen molar-refractivity contribution in [3.8, 4) is 0 Å². The van der Waals surface area contributed by atoms with Crippen LogP contribution in [-0.4, -0.2) is 10.9 Å². The summed E-state index contributed by atoms with van der Waals surface area (Å²) in [4.78, 5) is 15.3. The average molecular weight is 234 g/mol. The molecule has 5 heteroatoms. The smallest absolute Gasteiger partial charge is 0.289 e. The zero-order valence-electron chi connectivity index (χ0n) is 9.18. The molecule has 0 radical (unpaired) electrons. The second kappa shape index (κ2) is 4.78. The fourth-order valence-corrected chi connectivity index (χ4v) is 1.43. The monoisotopic (exact) mass is 234 g/mol. The molecule has 0 saturated heterocycles. The van der Waals surface area contributed by atoms with Crippen LogP contribution in [-0.2, 0) is 0 Å². The van der Waals surface area contributed by atoms with Crippen molar-refractivity contribution in [2.75, 3.05) is 0 Å². The fraction of sp³-hybridized carbons (Fsp3) is 0.167. The van der Waals surface area contributed by atoms with E-state index in [-0.39, 0.29) is 23.5 Å². The van der Waals surface area contributed by atoms with E-state index in [9.17, 15) is 9.18 Å². The minimum absolute atomic E-state index is 0.152. The first-order valence-corrected chi connectivity index (χ1v) is 5.11. The highest BCUT2D eigenvalue weighted by molar-refractivity contribution is 5.91. The molecule has 1 aromatic heterocycles. The number of amides is 1. The zero-order valence-corrected chi connectivity index (χ0v) is 9.18. The van der Waals surface area contributed by atoms with Gasteiger partial charge in [-0.25, -0.2) is 9.37 Å². The topological polar surface area (TPSA) is 55.1 Å². The van der Waals surface area contributed by atoms with Gasteiger partial charge >= 0.3 is 0 Å². The number of hydrogen-bond donors (Lipinski definition) is 1. The second-order valence-corrected chi connectivity index (χ2v) is 3.61. The van der Waals surface area contributed by atoms with E-state index in [4.69, 9.17) is 4.42 Å². The summed E-state index contributed by atoms with van der Waals surface area (Å²) in [6.45, 7) is 1.81. The third-order valence-electron chi connectivity index (χ3n) is 2.37. The normalized spacial score (nSPS) is 12.1. The van der Waals surface area contributed by atoms with E-state index in [0.717, 1.165) is 5.56 Å². The summed E-state index contributed by atoms with van der Waals surface area (Å²) >= 11 is 0. The standard InChI is InChI=1S/C12H11FN2O2/c1-8(9-2-4-10(13)5-3-9)15-12(16)11-6-14-7-17-11/h2-8H,1H3,(H,15,16)/t8-/m1/s1. The molecule has 0 saturated carbocycles. The molecule has 1 amide bonds. The van der Waals surface area contributed by atoms with Gasteiger partial charge in [0.25, 0.3) is 5.91 Å². The number of benzene rings is 1. The van der Waals surface area contributed by atoms with Crippen LogP contribution >= 0.6 is 0 Å².